The molecule has 3 rings (SSSR count). The number of nitrogens with two attached hydrogens (primary N) is 1. The number of anilines is 1. The van der Waals surface area contributed by atoms with Gasteiger partial charge < -0.3 is 10.5 Å². The molecule has 1 aromatic carbocycles. The van der Waals surface area contributed by atoms with E-state index in [9.17, 15) is 0 Å². The van der Waals surface area contributed by atoms with Crippen LogP contribution >= 0.6 is 11.3 Å². The van der Waals surface area contributed by atoms with Gasteiger partial charge >= 0.3 is 0 Å². The average Bonchev–Trinajstić information content (AvgIpc) is 2.94. The van der Waals surface area contributed by atoms with Crippen molar-refractivity contribution in [1.82, 2.24) is 9.97 Å². The minimum Gasteiger partial charge on any atom is -0.481 e. The van der Waals surface area contributed by atoms with Crippen LogP contribution in [0.25, 0.3) is 22.4 Å². The minimum absolute atomic E-state index is 0.572. The fourth-order valence-electron chi connectivity index (χ4n) is 2.03. The van der Waals surface area contributed by atoms with Crippen LogP contribution in [0.2, 0.25) is 0 Å². The molecular weight excluding hydrogens is 270 g/mol. The SMILES string of the molecule is COc1ccc(-c2ccccc2-c2csc(N)n2)cn1. The topological polar surface area (TPSA) is 61.0 Å². The summed E-state index contributed by atoms with van der Waals surface area (Å²) in [6, 6.07) is 11.9. The van der Waals surface area contributed by atoms with Crippen LogP contribution < -0.4 is 10.5 Å². The van der Waals surface area contributed by atoms with E-state index in [0.29, 0.717) is 11.0 Å². The van der Waals surface area contributed by atoms with Crippen molar-refractivity contribution in [3.63, 3.8) is 0 Å². The Labute approximate surface area is 120 Å². The first-order valence-corrected chi connectivity index (χ1v) is 6.96. The first-order valence-electron chi connectivity index (χ1n) is 6.09. The smallest absolute Gasteiger partial charge is 0.212 e. The van der Waals surface area contributed by atoms with Gasteiger partial charge in [-0.15, -0.1) is 11.3 Å². The van der Waals surface area contributed by atoms with Gasteiger partial charge in [0.15, 0.2) is 5.13 Å². The number of nitrogens with zero attached hydrogens (tertiary/aromatic N) is 2. The summed E-state index contributed by atoms with van der Waals surface area (Å²) in [5, 5.41) is 2.54. The Balaban J connectivity index is 2.09. The second-order valence-corrected chi connectivity index (χ2v) is 5.10. The lowest BCUT2D eigenvalue weighted by atomic mass is 9.99. The van der Waals surface area contributed by atoms with Crippen molar-refractivity contribution in [2.75, 3.05) is 12.8 Å². The fourth-order valence-corrected chi connectivity index (χ4v) is 2.59. The summed E-state index contributed by atoms with van der Waals surface area (Å²) in [5.74, 6) is 0.601. The van der Waals surface area contributed by atoms with Crippen molar-refractivity contribution in [1.29, 1.82) is 0 Å². The number of pyridine rings is 1. The Morgan fingerprint density at radius 3 is 2.50 bits per heavy atom. The first-order chi connectivity index (χ1) is 9.78. The Morgan fingerprint density at radius 2 is 1.90 bits per heavy atom. The fraction of sp³-hybridized carbons (Fsp3) is 0.0667. The summed E-state index contributed by atoms with van der Waals surface area (Å²) in [6.45, 7) is 0. The van der Waals surface area contributed by atoms with Crippen LogP contribution in [0, 0.1) is 0 Å². The lowest BCUT2D eigenvalue weighted by molar-refractivity contribution is 0.398. The van der Waals surface area contributed by atoms with Gasteiger partial charge in [0.1, 0.15) is 0 Å². The summed E-state index contributed by atoms with van der Waals surface area (Å²) in [5.41, 5.74) is 9.76. The number of thiazole rings is 1. The third kappa shape index (κ3) is 2.35. The molecule has 3 aromatic rings. The van der Waals surface area contributed by atoms with Crippen LogP contribution in [0.3, 0.4) is 0 Å². The highest BCUT2D eigenvalue weighted by Gasteiger charge is 2.10. The van der Waals surface area contributed by atoms with Crippen molar-refractivity contribution >= 4 is 16.5 Å². The summed E-state index contributed by atoms with van der Waals surface area (Å²) in [6.07, 6.45) is 1.80. The van der Waals surface area contributed by atoms with Gasteiger partial charge in [0.05, 0.1) is 12.8 Å². The van der Waals surface area contributed by atoms with Gasteiger partial charge in [0.25, 0.3) is 0 Å². The Morgan fingerprint density at radius 1 is 1.10 bits per heavy atom. The van der Waals surface area contributed by atoms with E-state index in [1.807, 2.05) is 41.8 Å². The van der Waals surface area contributed by atoms with E-state index >= 15 is 0 Å². The minimum atomic E-state index is 0.572. The van der Waals surface area contributed by atoms with Crippen molar-refractivity contribution in [3.05, 3.63) is 48.0 Å². The van der Waals surface area contributed by atoms with E-state index in [1.165, 1.54) is 11.3 Å². The quantitative estimate of drug-likeness (QED) is 0.799. The van der Waals surface area contributed by atoms with E-state index in [1.54, 1.807) is 13.3 Å². The summed E-state index contributed by atoms with van der Waals surface area (Å²) >= 11 is 1.44. The zero-order valence-electron chi connectivity index (χ0n) is 10.9. The normalized spacial score (nSPS) is 10.4. The van der Waals surface area contributed by atoms with Crippen LogP contribution in [0.1, 0.15) is 0 Å². The maximum atomic E-state index is 5.72. The lowest BCUT2D eigenvalue weighted by Crippen LogP contribution is -1.89. The predicted molar refractivity (Wildman–Crippen MR) is 81.7 cm³/mol. The Bertz CT molecular complexity index is 722. The van der Waals surface area contributed by atoms with E-state index in [2.05, 4.69) is 9.97 Å². The molecule has 0 aliphatic carbocycles. The Hall–Kier alpha value is -2.40. The maximum Gasteiger partial charge on any atom is 0.212 e. The van der Waals surface area contributed by atoms with Crippen molar-refractivity contribution in [2.24, 2.45) is 0 Å². The van der Waals surface area contributed by atoms with Gasteiger partial charge in [0.2, 0.25) is 5.88 Å². The summed E-state index contributed by atoms with van der Waals surface area (Å²) < 4.78 is 5.08. The van der Waals surface area contributed by atoms with Crippen LogP contribution in [-0.4, -0.2) is 17.1 Å². The van der Waals surface area contributed by atoms with E-state index in [4.69, 9.17) is 10.5 Å². The molecule has 0 atom stereocenters. The van der Waals surface area contributed by atoms with E-state index in [-0.39, 0.29) is 0 Å². The Kier molecular flexibility index (Phi) is 3.35. The highest BCUT2D eigenvalue weighted by Crippen LogP contribution is 2.33. The molecule has 100 valence electrons. The molecule has 2 aromatic heterocycles. The number of aromatic nitrogens is 2. The molecule has 0 spiro atoms. The molecule has 0 aliphatic heterocycles. The van der Waals surface area contributed by atoms with Crippen LogP contribution in [0.5, 0.6) is 5.88 Å². The van der Waals surface area contributed by atoms with Gasteiger partial charge in [-0.3, -0.25) is 0 Å². The number of methoxy groups -OCH3 is 1. The third-order valence-corrected chi connectivity index (χ3v) is 3.66. The highest BCUT2D eigenvalue weighted by atomic mass is 32.1. The van der Waals surface area contributed by atoms with Crippen LogP contribution in [0.4, 0.5) is 5.13 Å². The average molecular weight is 283 g/mol. The van der Waals surface area contributed by atoms with Crippen molar-refractivity contribution in [2.45, 2.75) is 0 Å². The second-order valence-electron chi connectivity index (χ2n) is 4.21. The molecule has 0 aliphatic rings. The molecule has 0 saturated heterocycles. The number of hydrogen-bond acceptors (Lipinski definition) is 5. The molecule has 2 N–H and O–H groups in total. The molecule has 5 heteroatoms. The van der Waals surface area contributed by atoms with Gasteiger partial charge in [-0.2, -0.15) is 0 Å². The monoisotopic (exact) mass is 283 g/mol. The largest absolute Gasteiger partial charge is 0.481 e. The molecular formula is C15H13N3OS. The number of nitrogen functional groups attached to an aromatic ring is 1. The summed E-state index contributed by atoms with van der Waals surface area (Å²) in [7, 11) is 1.61. The molecule has 0 bridgehead atoms. The van der Waals surface area contributed by atoms with Crippen molar-refractivity contribution in [3.8, 4) is 28.3 Å². The molecule has 2 heterocycles. The standard InChI is InChI=1S/C15H13N3OS/c1-19-14-7-6-10(8-17-14)11-4-2-3-5-12(11)13-9-20-15(16)18-13/h2-9H,1H3,(H2,16,18). The maximum absolute atomic E-state index is 5.72. The number of hydrogen-bond donors (Lipinski definition) is 1. The number of ether oxygens (including phenoxy) is 1. The second kappa shape index (κ2) is 5.30. The number of benzene rings is 1. The van der Waals surface area contributed by atoms with Gasteiger partial charge in [0, 0.05) is 28.8 Å². The van der Waals surface area contributed by atoms with Crippen LogP contribution in [-0.2, 0) is 0 Å². The third-order valence-electron chi connectivity index (χ3n) is 2.98. The van der Waals surface area contributed by atoms with Crippen molar-refractivity contribution < 1.29 is 4.74 Å². The summed E-state index contributed by atoms with van der Waals surface area (Å²) in [4.78, 5) is 8.60. The zero-order chi connectivity index (χ0) is 13.9. The highest BCUT2D eigenvalue weighted by molar-refractivity contribution is 7.13. The molecule has 0 amide bonds. The van der Waals surface area contributed by atoms with Gasteiger partial charge in [-0.1, -0.05) is 24.3 Å². The molecule has 0 saturated carbocycles. The molecule has 4 nitrogen and oxygen atoms in total. The zero-order valence-corrected chi connectivity index (χ0v) is 11.7. The molecule has 0 unspecified atom stereocenters. The molecule has 0 radical (unpaired) electrons. The number of rotatable bonds is 3. The van der Waals surface area contributed by atoms with Crippen LogP contribution in [0.15, 0.2) is 48.0 Å². The van der Waals surface area contributed by atoms with E-state index < -0.39 is 0 Å². The van der Waals surface area contributed by atoms with Gasteiger partial charge in [-0.25, -0.2) is 9.97 Å². The molecule has 20 heavy (non-hydrogen) atoms. The van der Waals surface area contributed by atoms with E-state index in [0.717, 1.165) is 22.4 Å². The molecule has 0 fully saturated rings. The lowest BCUT2D eigenvalue weighted by Gasteiger charge is -2.08. The predicted octanol–water partition coefficient (Wildman–Crippen LogP) is 3.46. The van der Waals surface area contributed by atoms with Gasteiger partial charge in [-0.05, 0) is 11.6 Å². The first kappa shape index (κ1) is 12.6.